The van der Waals surface area contributed by atoms with Crippen molar-refractivity contribution in [1.82, 2.24) is 14.8 Å². The Bertz CT molecular complexity index is 1420. The normalized spacial score (nSPS) is 12.7. The summed E-state index contributed by atoms with van der Waals surface area (Å²) in [4.78, 5) is 37.2. The molecule has 1 aliphatic rings. The monoisotopic (exact) mass is 499 g/mol. The number of hydrogen-bond acceptors (Lipinski definition) is 7. The molecular weight excluding hydrogens is 480 g/mol. The first kappa shape index (κ1) is 24.0. The molecule has 2 heterocycles. The maximum absolute atomic E-state index is 13.4. The second-order valence-electron chi connectivity index (χ2n) is 7.70. The predicted octanol–water partition coefficient (Wildman–Crippen LogP) is 2.81. The summed E-state index contributed by atoms with van der Waals surface area (Å²) >= 11 is 1.06. The highest BCUT2D eigenvalue weighted by Crippen LogP contribution is 2.35. The van der Waals surface area contributed by atoms with Gasteiger partial charge in [-0.05, 0) is 37.0 Å². The van der Waals surface area contributed by atoms with E-state index in [1.54, 1.807) is 0 Å². The second kappa shape index (κ2) is 10.0. The average molecular weight is 499 g/mol. The van der Waals surface area contributed by atoms with Gasteiger partial charge in [-0.15, -0.1) is 10.2 Å². The van der Waals surface area contributed by atoms with Crippen molar-refractivity contribution in [3.8, 4) is 28.7 Å². The van der Waals surface area contributed by atoms with E-state index in [0.717, 1.165) is 40.9 Å². The molecule has 1 fully saturated rings. The van der Waals surface area contributed by atoms with E-state index in [4.69, 9.17) is 10.5 Å². The number of nitrogens with two attached hydrogens (primary N) is 1. The lowest BCUT2D eigenvalue weighted by atomic mass is 9.98. The molecule has 0 aliphatic heterocycles. The highest BCUT2D eigenvalue weighted by atomic mass is 32.1. The number of ether oxygens (including phenoxy) is 1. The van der Waals surface area contributed by atoms with Crippen LogP contribution in [0.3, 0.4) is 0 Å². The van der Waals surface area contributed by atoms with E-state index in [-0.39, 0.29) is 33.1 Å². The van der Waals surface area contributed by atoms with E-state index < -0.39 is 30.3 Å². The standard InChI is InChI=1S/C23H19F2N5O4S/c1-34-17-6-5-13(21(24)25)8-14(17)16-10-30(11-18(26)31)20(32)9-15(16)22(33)27-23-29-28-19(35-23)7-4-12-2-3-12/h5-6,8-10,12,21H,2-3,11H2,1H3,(H2,26,31)(H,27,29,33). The number of aromatic nitrogens is 3. The smallest absolute Gasteiger partial charge is 0.263 e. The molecule has 4 rings (SSSR count). The van der Waals surface area contributed by atoms with Gasteiger partial charge in [0.05, 0.1) is 12.7 Å². The van der Waals surface area contributed by atoms with Gasteiger partial charge in [0.25, 0.3) is 17.9 Å². The van der Waals surface area contributed by atoms with E-state index >= 15 is 0 Å². The Morgan fingerprint density at radius 1 is 1.29 bits per heavy atom. The van der Waals surface area contributed by atoms with E-state index in [0.29, 0.717) is 10.9 Å². The number of alkyl halides is 2. The lowest BCUT2D eigenvalue weighted by molar-refractivity contribution is -0.118. The quantitative estimate of drug-likeness (QED) is 0.481. The lowest BCUT2D eigenvalue weighted by Crippen LogP contribution is -2.29. The number of hydrogen-bond donors (Lipinski definition) is 2. The van der Waals surface area contributed by atoms with Crippen LogP contribution in [0.15, 0.2) is 35.3 Å². The maximum Gasteiger partial charge on any atom is 0.263 e. The van der Waals surface area contributed by atoms with Crippen molar-refractivity contribution in [3.05, 3.63) is 57.0 Å². The molecule has 3 N–H and O–H groups in total. The number of anilines is 1. The van der Waals surface area contributed by atoms with Crippen LogP contribution in [0.25, 0.3) is 11.1 Å². The molecule has 2 aromatic heterocycles. The zero-order valence-electron chi connectivity index (χ0n) is 18.4. The van der Waals surface area contributed by atoms with Crippen molar-refractivity contribution in [2.75, 3.05) is 12.4 Å². The fourth-order valence-corrected chi connectivity index (χ4v) is 3.82. The first-order chi connectivity index (χ1) is 16.7. The molecule has 35 heavy (non-hydrogen) atoms. The molecule has 12 heteroatoms. The molecule has 0 atom stereocenters. The van der Waals surface area contributed by atoms with Gasteiger partial charge in [-0.25, -0.2) is 8.78 Å². The summed E-state index contributed by atoms with van der Waals surface area (Å²) in [5.41, 5.74) is 4.30. The molecular formula is C23H19F2N5O4S. The molecule has 1 aliphatic carbocycles. The largest absolute Gasteiger partial charge is 0.496 e. The Morgan fingerprint density at radius 2 is 2.06 bits per heavy atom. The summed E-state index contributed by atoms with van der Waals surface area (Å²) in [7, 11) is 1.34. The van der Waals surface area contributed by atoms with Gasteiger partial charge in [-0.2, -0.15) is 0 Å². The number of amides is 2. The number of nitrogens with one attached hydrogen (secondary N) is 1. The van der Waals surface area contributed by atoms with E-state index in [9.17, 15) is 23.2 Å². The van der Waals surface area contributed by atoms with Gasteiger partial charge in [0.2, 0.25) is 11.0 Å². The maximum atomic E-state index is 13.4. The van der Waals surface area contributed by atoms with Gasteiger partial charge < -0.3 is 15.0 Å². The third-order valence-corrected chi connectivity index (χ3v) is 5.82. The van der Waals surface area contributed by atoms with Crippen molar-refractivity contribution in [2.24, 2.45) is 11.7 Å². The highest BCUT2D eigenvalue weighted by molar-refractivity contribution is 7.15. The molecule has 1 saturated carbocycles. The molecule has 0 unspecified atom stereocenters. The Kier molecular flexibility index (Phi) is 6.88. The summed E-state index contributed by atoms with van der Waals surface area (Å²) in [6, 6.07) is 4.68. The summed E-state index contributed by atoms with van der Waals surface area (Å²) in [5, 5.41) is 11.0. The van der Waals surface area contributed by atoms with Crippen molar-refractivity contribution < 1.29 is 23.1 Å². The van der Waals surface area contributed by atoms with Crippen molar-refractivity contribution in [3.63, 3.8) is 0 Å². The van der Waals surface area contributed by atoms with Crippen LogP contribution in [0.2, 0.25) is 0 Å². The minimum absolute atomic E-state index is 0.0842. The summed E-state index contributed by atoms with van der Waals surface area (Å²) in [5.74, 6) is 4.97. The number of carbonyl (C=O) groups excluding carboxylic acids is 2. The van der Waals surface area contributed by atoms with Gasteiger partial charge in [0, 0.05) is 34.9 Å². The minimum Gasteiger partial charge on any atom is -0.496 e. The van der Waals surface area contributed by atoms with Crippen LogP contribution in [-0.2, 0) is 11.3 Å². The number of halogens is 2. The SMILES string of the molecule is COc1ccc(C(F)F)cc1-c1cn(CC(N)=O)c(=O)cc1C(=O)Nc1nnc(C#CC2CC2)s1. The van der Waals surface area contributed by atoms with Gasteiger partial charge in [-0.3, -0.25) is 19.7 Å². The molecule has 0 radical (unpaired) electrons. The molecule has 0 spiro atoms. The molecule has 9 nitrogen and oxygen atoms in total. The van der Waals surface area contributed by atoms with Crippen molar-refractivity contribution in [1.29, 1.82) is 0 Å². The second-order valence-corrected chi connectivity index (χ2v) is 8.68. The minimum atomic E-state index is -2.79. The summed E-state index contributed by atoms with van der Waals surface area (Å²) < 4.78 is 33.1. The molecule has 0 saturated heterocycles. The van der Waals surface area contributed by atoms with Crippen LogP contribution in [-0.4, -0.2) is 33.7 Å². The molecule has 180 valence electrons. The van der Waals surface area contributed by atoms with Crippen LogP contribution >= 0.6 is 11.3 Å². The van der Waals surface area contributed by atoms with Gasteiger partial charge >= 0.3 is 0 Å². The number of carbonyl (C=O) groups is 2. The third kappa shape index (κ3) is 5.70. The van der Waals surface area contributed by atoms with Crippen LogP contribution in [0, 0.1) is 17.8 Å². The summed E-state index contributed by atoms with van der Waals surface area (Å²) in [6.07, 6.45) is 0.526. The number of methoxy groups -OCH3 is 1. The number of rotatable bonds is 7. The van der Waals surface area contributed by atoms with Crippen LogP contribution in [0.5, 0.6) is 5.75 Å². The number of primary amides is 1. The van der Waals surface area contributed by atoms with Crippen LogP contribution in [0.1, 0.15) is 40.2 Å². The number of nitrogens with zero attached hydrogens (tertiary/aromatic N) is 3. The van der Waals surface area contributed by atoms with E-state index in [1.807, 2.05) is 0 Å². The van der Waals surface area contributed by atoms with Crippen molar-refractivity contribution >= 4 is 28.3 Å². The zero-order chi connectivity index (χ0) is 25.1. The first-order valence-corrected chi connectivity index (χ1v) is 11.2. The first-order valence-electron chi connectivity index (χ1n) is 10.4. The van der Waals surface area contributed by atoms with E-state index in [2.05, 4.69) is 27.4 Å². The molecule has 0 bridgehead atoms. The number of pyridine rings is 1. The van der Waals surface area contributed by atoms with Crippen LogP contribution < -0.4 is 21.3 Å². The Balaban J connectivity index is 1.76. The van der Waals surface area contributed by atoms with Gasteiger partial charge in [-0.1, -0.05) is 17.3 Å². The Morgan fingerprint density at radius 3 is 2.71 bits per heavy atom. The fourth-order valence-electron chi connectivity index (χ4n) is 3.22. The molecule has 3 aromatic rings. The van der Waals surface area contributed by atoms with Gasteiger partial charge in [0.1, 0.15) is 12.3 Å². The fraction of sp³-hybridized carbons (Fsp3) is 0.261. The Hall–Kier alpha value is -4.11. The lowest BCUT2D eigenvalue weighted by Gasteiger charge is -2.16. The summed E-state index contributed by atoms with van der Waals surface area (Å²) in [6.45, 7) is -0.468. The predicted molar refractivity (Wildman–Crippen MR) is 124 cm³/mol. The van der Waals surface area contributed by atoms with Crippen molar-refractivity contribution in [2.45, 2.75) is 25.8 Å². The highest BCUT2D eigenvalue weighted by Gasteiger charge is 2.22. The van der Waals surface area contributed by atoms with Crippen LogP contribution in [0.4, 0.5) is 13.9 Å². The zero-order valence-corrected chi connectivity index (χ0v) is 19.2. The third-order valence-electron chi connectivity index (χ3n) is 5.07. The molecule has 2 amide bonds. The van der Waals surface area contributed by atoms with Gasteiger partial charge in [0.15, 0.2) is 5.01 Å². The average Bonchev–Trinajstić information content (AvgIpc) is 3.55. The topological polar surface area (TPSA) is 129 Å². The molecule has 1 aromatic carbocycles. The van der Waals surface area contributed by atoms with E-state index in [1.165, 1.54) is 25.4 Å². The Labute approximate surface area is 201 Å². The number of benzene rings is 1.